The molecular formula is C20H22FN3O2. The number of hydrogen-bond donors (Lipinski definition) is 1. The van der Waals surface area contributed by atoms with Gasteiger partial charge in [-0.25, -0.2) is 14.4 Å². The first-order valence-electron chi connectivity index (χ1n) is 9.14. The molecule has 5 nitrogen and oxygen atoms in total. The van der Waals surface area contributed by atoms with Crippen molar-refractivity contribution in [2.45, 2.75) is 37.7 Å². The highest BCUT2D eigenvalue weighted by atomic mass is 19.1. The van der Waals surface area contributed by atoms with Gasteiger partial charge < -0.3 is 10.0 Å². The third-order valence-corrected chi connectivity index (χ3v) is 5.28. The summed E-state index contributed by atoms with van der Waals surface area (Å²) >= 11 is 0. The summed E-state index contributed by atoms with van der Waals surface area (Å²) in [6.45, 7) is 0.886. The van der Waals surface area contributed by atoms with E-state index in [2.05, 4.69) is 9.97 Å². The van der Waals surface area contributed by atoms with Crippen LogP contribution in [0.1, 0.15) is 46.9 Å². The predicted molar refractivity (Wildman–Crippen MR) is 94.1 cm³/mol. The third kappa shape index (κ3) is 3.60. The molecule has 0 spiro atoms. The summed E-state index contributed by atoms with van der Waals surface area (Å²) in [5.41, 5.74) is 1.04. The summed E-state index contributed by atoms with van der Waals surface area (Å²) in [5.74, 6) is 0.684. The van der Waals surface area contributed by atoms with Crippen LogP contribution in [0, 0.1) is 11.7 Å². The molecule has 1 amide bonds. The van der Waals surface area contributed by atoms with Gasteiger partial charge in [0, 0.05) is 37.3 Å². The van der Waals surface area contributed by atoms with Crippen LogP contribution >= 0.6 is 0 Å². The van der Waals surface area contributed by atoms with Crippen molar-refractivity contribution in [3.8, 4) is 0 Å². The van der Waals surface area contributed by atoms with Gasteiger partial charge >= 0.3 is 0 Å². The first-order chi connectivity index (χ1) is 12.6. The molecule has 1 saturated heterocycles. The fraction of sp³-hybridized carbons (Fsp3) is 0.450. The fourth-order valence-electron chi connectivity index (χ4n) is 3.53. The molecular weight excluding hydrogens is 333 g/mol. The Morgan fingerprint density at radius 3 is 2.62 bits per heavy atom. The van der Waals surface area contributed by atoms with Crippen LogP contribution in [0.2, 0.25) is 0 Å². The number of piperidine rings is 1. The molecule has 6 heteroatoms. The number of rotatable bonds is 4. The number of likely N-dealkylation sites (tertiary alicyclic amines) is 1. The van der Waals surface area contributed by atoms with Crippen molar-refractivity contribution in [3.63, 3.8) is 0 Å². The van der Waals surface area contributed by atoms with Crippen molar-refractivity contribution < 1.29 is 14.3 Å². The molecule has 1 aliphatic heterocycles. The van der Waals surface area contributed by atoms with Crippen LogP contribution in [-0.2, 0) is 6.42 Å². The number of halogens is 1. The summed E-state index contributed by atoms with van der Waals surface area (Å²) in [6, 6.07) is 6.59. The highest BCUT2D eigenvalue weighted by molar-refractivity contribution is 5.93. The maximum atomic E-state index is 13.9. The van der Waals surface area contributed by atoms with E-state index in [4.69, 9.17) is 0 Å². The molecule has 4 rings (SSSR count). The number of amides is 1. The van der Waals surface area contributed by atoms with Crippen LogP contribution in [0.4, 0.5) is 4.39 Å². The van der Waals surface area contributed by atoms with Gasteiger partial charge in [-0.15, -0.1) is 0 Å². The average molecular weight is 355 g/mol. The zero-order chi connectivity index (χ0) is 18.1. The highest BCUT2D eigenvalue weighted by Crippen LogP contribution is 2.37. The van der Waals surface area contributed by atoms with Crippen LogP contribution in [0.25, 0.3) is 0 Å². The van der Waals surface area contributed by atoms with Crippen molar-refractivity contribution in [2.24, 2.45) is 5.92 Å². The number of benzene rings is 1. The second kappa shape index (κ2) is 7.11. The molecule has 2 heterocycles. The summed E-state index contributed by atoms with van der Waals surface area (Å²) in [7, 11) is 0. The Morgan fingerprint density at radius 1 is 1.19 bits per heavy atom. The van der Waals surface area contributed by atoms with E-state index in [0.29, 0.717) is 43.0 Å². The standard InChI is InChI=1S/C20H22FN3O2/c21-17-4-2-1-3-14(17)9-15-12-24(8-7-18(15)25)20(26)16-10-22-19(23-11-16)13-5-6-13/h1-4,10-11,13,15,18,25H,5-9,12H2/t15-,18+/m1/s1. The number of nitrogens with zero attached hydrogens (tertiary/aromatic N) is 3. The highest BCUT2D eigenvalue weighted by Gasteiger charge is 2.32. The van der Waals surface area contributed by atoms with E-state index in [1.165, 1.54) is 6.07 Å². The van der Waals surface area contributed by atoms with E-state index in [0.717, 1.165) is 18.7 Å². The Hall–Kier alpha value is -2.34. The molecule has 1 N–H and O–H groups in total. The zero-order valence-electron chi connectivity index (χ0n) is 14.5. The van der Waals surface area contributed by atoms with Gasteiger partial charge in [-0.2, -0.15) is 0 Å². The average Bonchev–Trinajstić information content (AvgIpc) is 3.50. The minimum absolute atomic E-state index is 0.127. The molecule has 26 heavy (non-hydrogen) atoms. The molecule has 0 radical (unpaired) electrons. The lowest BCUT2D eigenvalue weighted by Gasteiger charge is -2.36. The smallest absolute Gasteiger partial charge is 0.257 e. The van der Waals surface area contributed by atoms with E-state index in [-0.39, 0.29) is 17.6 Å². The van der Waals surface area contributed by atoms with Crippen molar-refractivity contribution in [3.05, 3.63) is 59.4 Å². The molecule has 2 atom stereocenters. The lowest BCUT2D eigenvalue weighted by atomic mass is 9.88. The first kappa shape index (κ1) is 17.1. The number of hydrogen-bond acceptors (Lipinski definition) is 4. The van der Waals surface area contributed by atoms with E-state index >= 15 is 0 Å². The van der Waals surface area contributed by atoms with Crippen molar-refractivity contribution in [1.29, 1.82) is 0 Å². The summed E-state index contributed by atoms with van der Waals surface area (Å²) < 4.78 is 13.9. The maximum Gasteiger partial charge on any atom is 0.257 e. The van der Waals surface area contributed by atoms with E-state index in [9.17, 15) is 14.3 Å². The Morgan fingerprint density at radius 2 is 1.92 bits per heavy atom. The van der Waals surface area contributed by atoms with Gasteiger partial charge in [-0.3, -0.25) is 4.79 Å². The maximum absolute atomic E-state index is 13.9. The summed E-state index contributed by atoms with van der Waals surface area (Å²) in [6.07, 6.45) is 5.80. The van der Waals surface area contributed by atoms with Gasteiger partial charge in [-0.1, -0.05) is 18.2 Å². The monoisotopic (exact) mass is 355 g/mol. The Kier molecular flexibility index (Phi) is 4.68. The first-order valence-corrected chi connectivity index (χ1v) is 9.14. The molecule has 0 unspecified atom stereocenters. The van der Waals surface area contributed by atoms with Crippen LogP contribution in [0.3, 0.4) is 0 Å². The number of carbonyl (C=O) groups excluding carboxylic acids is 1. The van der Waals surface area contributed by atoms with E-state index < -0.39 is 6.10 Å². The van der Waals surface area contributed by atoms with E-state index in [1.807, 2.05) is 0 Å². The second-order valence-electron chi connectivity index (χ2n) is 7.27. The van der Waals surface area contributed by atoms with Crippen LogP contribution in [-0.4, -0.2) is 45.1 Å². The number of aliphatic hydroxyl groups is 1. The largest absolute Gasteiger partial charge is 0.393 e. The molecule has 1 aromatic heterocycles. The number of aliphatic hydroxyl groups excluding tert-OH is 1. The molecule has 0 bridgehead atoms. The van der Waals surface area contributed by atoms with Gasteiger partial charge in [0.25, 0.3) is 5.91 Å². The molecule has 1 saturated carbocycles. The number of carbonyl (C=O) groups is 1. The van der Waals surface area contributed by atoms with Crippen LogP contribution < -0.4 is 0 Å². The van der Waals surface area contributed by atoms with E-state index in [1.54, 1.807) is 35.5 Å². The van der Waals surface area contributed by atoms with Gasteiger partial charge in [0.1, 0.15) is 11.6 Å². The zero-order valence-corrected chi connectivity index (χ0v) is 14.5. The minimum atomic E-state index is -0.535. The summed E-state index contributed by atoms with van der Waals surface area (Å²) in [4.78, 5) is 23.1. The lowest BCUT2D eigenvalue weighted by molar-refractivity contribution is 0.0238. The molecule has 2 aromatic rings. The SMILES string of the molecule is O=C(c1cnc(C2CC2)nc1)N1CC[C@H](O)[C@H](Cc2ccccc2F)C1. The number of aromatic nitrogens is 2. The van der Waals surface area contributed by atoms with Gasteiger partial charge in [0.05, 0.1) is 11.7 Å². The van der Waals surface area contributed by atoms with Crippen molar-refractivity contribution >= 4 is 5.91 Å². The van der Waals surface area contributed by atoms with Gasteiger partial charge in [0.2, 0.25) is 0 Å². The Labute approximate surface area is 151 Å². The Balaban J connectivity index is 1.45. The minimum Gasteiger partial charge on any atom is -0.393 e. The molecule has 1 aromatic carbocycles. The Bertz CT molecular complexity index is 792. The summed E-state index contributed by atoms with van der Waals surface area (Å²) in [5, 5.41) is 10.3. The second-order valence-corrected chi connectivity index (χ2v) is 7.27. The molecule has 2 aliphatic rings. The molecule has 136 valence electrons. The van der Waals surface area contributed by atoms with Gasteiger partial charge in [-0.05, 0) is 37.3 Å². The van der Waals surface area contributed by atoms with Crippen LogP contribution in [0.5, 0.6) is 0 Å². The molecule has 2 fully saturated rings. The van der Waals surface area contributed by atoms with Crippen LogP contribution in [0.15, 0.2) is 36.7 Å². The van der Waals surface area contributed by atoms with Crippen molar-refractivity contribution in [2.75, 3.05) is 13.1 Å². The lowest BCUT2D eigenvalue weighted by Crippen LogP contribution is -2.46. The topological polar surface area (TPSA) is 66.3 Å². The third-order valence-electron chi connectivity index (χ3n) is 5.28. The normalized spacial score (nSPS) is 23.1. The van der Waals surface area contributed by atoms with Crippen molar-refractivity contribution in [1.82, 2.24) is 14.9 Å². The molecule has 1 aliphatic carbocycles. The van der Waals surface area contributed by atoms with Gasteiger partial charge in [0.15, 0.2) is 0 Å². The predicted octanol–water partition coefficient (Wildman–Crippen LogP) is 2.56. The fourth-order valence-corrected chi connectivity index (χ4v) is 3.53. The quantitative estimate of drug-likeness (QED) is 0.915.